The molecule has 0 aromatic carbocycles. The van der Waals surface area contributed by atoms with Gasteiger partial charge in [0.2, 0.25) is 0 Å². The van der Waals surface area contributed by atoms with Gasteiger partial charge in [-0.05, 0) is 38.9 Å². The number of hydrogen-bond donors (Lipinski definition) is 0. The molecule has 0 saturated carbocycles. The fourth-order valence-electron chi connectivity index (χ4n) is 1.85. The molecule has 2 heteroatoms. The summed E-state index contributed by atoms with van der Waals surface area (Å²) in [5, 5.41) is 0. The third kappa shape index (κ3) is 4.10. The summed E-state index contributed by atoms with van der Waals surface area (Å²) in [7, 11) is 0. The molecular formula is C11H23N2. The second kappa shape index (κ2) is 6.39. The lowest BCUT2D eigenvalue weighted by Gasteiger charge is -2.28. The molecule has 77 valence electrons. The molecule has 0 atom stereocenters. The van der Waals surface area contributed by atoms with Crippen LogP contribution in [0.1, 0.15) is 26.7 Å². The van der Waals surface area contributed by atoms with E-state index in [0.29, 0.717) is 0 Å². The lowest BCUT2D eigenvalue weighted by atomic mass is 10.1. The Morgan fingerprint density at radius 3 is 2.62 bits per heavy atom. The number of hydrogen-bond acceptors (Lipinski definition) is 2. The zero-order chi connectivity index (χ0) is 9.52. The Kier molecular flexibility index (Phi) is 5.40. The van der Waals surface area contributed by atoms with Crippen molar-refractivity contribution in [2.24, 2.45) is 0 Å². The summed E-state index contributed by atoms with van der Waals surface area (Å²) in [4.78, 5) is 5.05. The summed E-state index contributed by atoms with van der Waals surface area (Å²) in [6.45, 7) is 11.9. The predicted octanol–water partition coefficient (Wildman–Crippen LogP) is 1.63. The van der Waals surface area contributed by atoms with Crippen molar-refractivity contribution in [3.05, 3.63) is 6.42 Å². The Hall–Kier alpha value is -0.0800. The van der Waals surface area contributed by atoms with E-state index in [1.807, 2.05) is 0 Å². The molecule has 1 radical (unpaired) electrons. The van der Waals surface area contributed by atoms with Gasteiger partial charge in [-0.2, -0.15) is 0 Å². The molecule has 0 spiro atoms. The lowest BCUT2D eigenvalue weighted by molar-refractivity contribution is 0.208. The van der Waals surface area contributed by atoms with Crippen LogP contribution in [-0.2, 0) is 0 Å². The van der Waals surface area contributed by atoms with E-state index in [-0.39, 0.29) is 0 Å². The van der Waals surface area contributed by atoms with Crippen molar-refractivity contribution in [3.63, 3.8) is 0 Å². The van der Waals surface area contributed by atoms with Crippen LogP contribution in [0, 0.1) is 6.42 Å². The molecule has 1 aliphatic rings. The predicted molar refractivity (Wildman–Crippen MR) is 57.8 cm³/mol. The molecule has 0 aliphatic carbocycles. The second-order valence-electron chi connectivity index (χ2n) is 3.76. The fourth-order valence-corrected chi connectivity index (χ4v) is 1.85. The van der Waals surface area contributed by atoms with Crippen molar-refractivity contribution < 1.29 is 0 Å². The van der Waals surface area contributed by atoms with Crippen LogP contribution in [0.3, 0.4) is 0 Å². The first-order chi connectivity index (χ1) is 6.36. The third-order valence-corrected chi connectivity index (χ3v) is 2.90. The maximum atomic E-state index is 2.56. The number of likely N-dealkylation sites (tertiary alicyclic amines) is 1. The minimum absolute atomic E-state index is 1.19. The molecule has 13 heavy (non-hydrogen) atoms. The minimum atomic E-state index is 1.19. The van der Waals surface area contributed by atoms with E-state index in [4.69, 9.17) is 0 Å². The largest absolute Gasteiger partial charge is 0.303 e. The molecule has 0 amide bonds. The molecule has 1 aliphatic heterocycles. The monoisotopic (exact) mass is 183 g/mol. The Morgan fingerprint density at radius 2 is 2.08 bits per heavy atom. The van der Waals surface area contributed by atoms with Crippen LogP contribution in [0.2, 0.25) is 0 Å². The van der Waals surface area contributed by atoms with Gasteiger partial charge in [0.15, 0.2) is 0 Å². The molecule has 0 N–H and O–H groups in total. The number of piperidine rings is 1. The molecule has 0 aromatic rings. The topological polar surface area (TPSA) is 6.48 Å². The Morgan fingerprint density at radius 1 is 1.31 bits per heavy atom. The first-order valence-corrected chi connectivity index (χ1v) is 5.63. The van der Waals surface area contributed by atoms with Crippen molar-refractivity contribution in [2.75, 3.05) is 39.3 Å². The maximum absolute atomic E-state index is 2.56. The van der Waals surface area contributed by atoms with Crippen LogP contribution < -0.4 is 0 Å². The Bertz CT molecular complexity index is 115. The first-order valence-electron chi connectivity index (χ1n) is 5.63. The van der Waals surface area contributed by atoms with Gasteiger partial charge < -0.3 is 9.80 Å². The van der Waals surface area contributed by atoms with E-state index in [0.717, 1.165) is 0 Å². The van der Waals surface area contributed by atoms with Gasteiger partial charge >= 0.3 is 0 Å². The molecule has 0 aromatic heterocycles. The van der Waals surface area contributed by atoms with Crippen LogP contribution in [0.15, 0.2) is 0 Å². The van der Waals surface area contributed by atoms with Gasteiger partial charge in [0.1, 0.15) is 0 Å². The molecule has 1 rings (SSSR count). The number of likely N-dealkylation sites (N-methyl/N-ethyl adjacent to an activating group) is 1. The van der Waals surface area contributed by atoms with E-state index in [2.05, 4.69) is 30.1 Å². The number of nitrogens with zero attached hydrogens (tertiary/aromatic N) is 2. The van der Waals surface area contributed by atoms with Gasteiger partial charge in [0.05, 0.1) is 0 Å². The van der Waals surface area contributed by atoms with Gasteiger partial charge in [-0.25, -0.2) is 0 Å². The van der Waals surface area contributed by atoms with E-state index >= 15 is 0 Å². The quantitative estimate of drug-likeness (QED) is 0.639. The standard InChI is InChI=1S/C11H23N2/c1-3-12(4-2)10-11-13-8-6-5-7-9-13/h6H,3-5,7-11H2,1-2H3. The average Bonchev–Trinajstić information content (AvgIpc) is 2.21. The molecular weight excluding hydrogens is 160 g/mol. The van der Waals surface area contributed by atoms with Crippen LogP contribution in [0.5, 0.6) is 0 Å². The third-order valence-electron chi connectivity index (χ3n) is 2.90. The summed E-state index contributed by atoms with van der Waals surface area (Å²) in [5.41, 5.74) is 0. The fraction of sp³-hybridized carbons (Fsp3) is 0.909. The van der Waals surface area contributed by atoms with Crippen LogP contribution in [0.4, 0.5) is 0 Å². The summed E-state index contributed by atoms with van der Waals surface area (Å²) < 4.78 is 0. The Labute approximate surface area is 82.9 Å². The van der Waals surface area contributed by atoms with Gasteiger partial charge in [0, 0.05) is 19.6 Å². The van der Waals surface area contributed by atoms with Crippen LogP contribution in [0.25, 0.3) is 0 Å². The summed E-state index contributed by atoms with van der Waals surface area (Å²) in [6.07, 6.45) is 5.09. The number of rotatable bonds is 5. The molecule has 1 saturated heterocycles. The first kappa shape index (κ1) is 11.0. The van der Waals surface area contributed by atoms with E-state index in [1.54, 1.807) is 0 Å². The highest BCUT2D eigenvalue weighted by Gasteiger charge is 2.10. The molecule has 1 heterocycles. The molecule has 2 nitrogen and oxygen atoms in total. The van der Waals surface area contributed by atoms with Gasteiger partial charge in [-0.15, -0.1) is 0 Å². The van der Waals surface area contributed by atoms with Gasteiger partial charge in [-0.3, -0.25) is 0 Å². The smallest absolute Gasteiger partial charge is 0.0109 e. The molecule has 1 fully saturated rings. The van der Waals surface area contributed by atoms with Crippen molar-refractivity contribution in [2.45, 2.75) is 26.7 Å². The lowest BCUT2D eigenvalue weighted by Crippen LogP contribution is -2.37. The van der Waals surface area contributed by atoms with E-state index in [9.17, 15) is 0 Å². The minimum Gasteiger partial charge on any atom is -0.303 e. The highest BCUT2D eigenvalue weighted by atomic mass is 15.2. The van der Waals surface area contributed by atoms with Crippen molar-refractivity contribution >= 4 is 0 Å². The molecule has 0 bridgehead atoms. The van der Waals surface area contributed by atoms with Crippen LogP contribution >= 0.6 is 0 Å². The highest BCUT2D eigenvalue weighted by Crippen LogP contribution is 2.06. The van der Waals surface area contributed by atoms with E-state index < -0.39 is 0 Å². The molecule has 0 unspecified atom stereocenters. The summed E-state index contributed by atoms with van der Waals surface area (Å²) in [6, 6.07) is 0. The van der Waals surface area contributed by atoms with E-state index in [1.165, 1.54) is 52.1 Å². The average molecular weight is 183 g/mol. The Balaban J connectivity index is 2.09. The van der Waals surface area contributed by atoms with Crippen molar-refractivity contribution in [1.82, 2.24) is 9.80 Å². The zero-order valence-corrected chi connectivity index (χ0v) is 9.13. The van der Waals surface area contributed by atoms with Gasteiger partial charge in [-0.1, -0.05) is 13.8 Å². The second-order valence-corrected chi connectivity index (χ2v) is 3.76. The summed E-state index contributed by atoms with van der Waals surface area (Å²) >= 11 is 0. The normalized spacial score (nSPS) is 19.6. The van der Waals surface area contributed by atoms with Gasteiger partial charge in [0.25, 0.3) is 0 Å². The van der Waals surface area contributed by atoms with Crippen molar-refractivity contribution in [3.8, 4) is 0 Å². The summed E-state index contributed by atoms with van der Waals surface area (Å²) in [5.74, 6) is 0. The SMILES string of the molecule is CCN(CC)CCN1C[CH]CCC1. The van der Waals surface area contributed by atoms with Crippen LogP contribution in [-0.4, -0.2) is 49.1 Å². The zero-order valence-electron chi connectivity index (χ0n) is 9.13. The van der Waals surface area contributed by atoms with Crippen molar-refractivity contribution in [1.29, 1.82) is 0 Å². The maximum Gasteiger partial charge on any atom is 0.0109 e. The highest BCUT2D eigenvalue weighted by molar-refractivity contribution is 4.77.